The summed E-state index contributed by atoms with van der Waals surface area (Å²) in [5.41, 5.74) is 1.31. The van der Waals surface area contributed by atoms with E-state index in [0.717, 1.165) is 18.7 Å². The fourth-order valence-electron chi connectivity index (χ4n) is 2.60. The van der Waals surface area contributed by atoms with Crippen molar-refractivity contribution in [1.82, 2.24) is 20.1 Å². The van der Waals surface area contributed by atoms with Gasteiger partial charge in [-0.3, -0.25) is 9.59 Å². The number of anilines is 1. The van der Waals surface area contributed by atoms with Crippen LogP contribution >= 0.6 is 0 Å². The van der Waals surface area contributed by atoms with Crippen molar-refractivity contribution in [1.29, 1.82) is 0 Å². The van der Waals surface area contributed by atoms with Gasteiger partial charge in [0.15, 0.2) is 0 Å². The molecule has 1 aromatic rings. The largest absolute Gasteiger partial charge is 0.370 e. The number of nitrogens with one attached hydrogen (secondary N) is 2. The summed E-state index contributed by atoms with van der Waals surface area (Å²) in [7, 11) is 3.90. The molecule has 0 fully saturated rings. The van der Waals surface area contributed by atoms with Gasteiger partial charge in [0.2, 0.25) is 5.91 Å². The van der Waals surface area contributed by atoms with Gasteiger partial charge in [0.1, 0.15) is 17.6 Å². The Balaban J connectivity index is 2.00. The molecule has 1 aliphatic heterocycles. The molecule has 1 aliphatic rings. The summed E-state index contributed by atoms with van der Waals surface area (Å²) in [6.07, 6.45) is 0. The molecule has 0 aromatic carbocycles. The first-order chi connectivity index (χ1) is 11.8. The molecule has 0 unspecified atom stereocenters. The number of fused-ring (bicyclic) bond motifs is 1. The lowest BCUT2D eigenvalue weighted by Gasteiger charge is -2.23. The monoisotopic (exact) mass is 347 g/mol. The molecule has 2 N–H and O–H groups in total. The molecule has 0 aliphatic carbocycles. The van der Waals surface area contributed by atoms with Gasteiger partial charge >= 0.3 is 0 Å². The Bertz CT molecular complexity index is 630. The van der Waals surface area contributed by atoms with Gasteiger partial charge in [-0.2, -0.15) is 0 Å². The summed E-state index contributed by atoms with van der Waals surface area (Å²) in [6, 6.07) is 3.29. The number of likely N-dealkylation sites (N-methyl/N-ethyl adjacent to an activating group) is 1. The second-order valence-corrected chi connectivity index (χ2v) is 7.18. The van der Waals surface area contributed by atoms with Crippen LogP contribution < -0.4 is 10.6 Å². The van der Waals surface area contributed by atoms with Crippen LogP contribution in [0.5, 0.6) is 0 Å². The van der Waals surface area contributed by atoms with Gasteiger partial charge < -0.3 is 20.4 Å². The van der Waals surface area contributed by atoms with Crippen LogP contribution in [0.15, 0.2) is 12.1 Å². The number of pyridine rings is 1. The normalized spacial score (nSPS) is 14.8. The molecule has 2 rings (SSSR count). The molecule has 7 nitrogen and oxygen atoms in total. The van der Waals surface area contributed by atoms with Crippen molar-refractivity contribution in [3.8, 4) is 0 Å². The lowest BCUT2D eigenvalue weighted by molar-refractivity contribution is -0.125. The van der Waals surface area contributed by atoms with Gasteiger partial charge in [0, 0.05) is 31.7 Å². The van der Waals surface area contributed by atoms with Crippen LogP contribution in [0.1, 0.15) is 36.8 Å². The third-order valence-corrected chi connectivity index (χ3v) is 4.18. The molecular formula is C18H29N5O2. The number of hydrogen-bond donors (Lipinski definition) is 2. The number of carbonyl (C=O) groups excluding carboxylic acids is 2. The van der Waals surface area contributed by atoms with Crippen molar-refractivity contribution < 1.29 is 9.59 Å². The Morgan fingerprint density at radius 3 is 2.68 bits per heavy atom. The van der Waals surface area contributed by atoms with Crippen LogP contribution in [0, 0.1) is 5.92 Å². The zero-order chi connectivity index (χ0) is 18.6. The third-order valence-electron chi connectivity index (χ3n) is 4.18. The highest BCUT2D eigenvalue weighted by Crippen LogP contribution is 2.24. The predicted octanol–water partition coefficient (Wildman–Crippen LogP) is 1.17. The van der Waals surface area contributed by atoms with Gasteiger partial charge in [-0.1, -0.05) is 19.9 Å². The molecule has 0 saturated carbocycles. The number of amides is 2. The minimum absolute atomic E-state index is 0.138. The Kier molecular flexibility index (Phi) is 6.36. The van der Waals surface area contributed by atoms with Crippen LogP contribution in [-0.4, -0.2) is 66.4 Å². The summed E-state index contributed by atoms with van der Waals surface area (Å²) < 4.78 is 0. The number of hydrogen-bond acceptors (Lipinski definition) is 5. The van der Waals surface area contributed by atoms with Crippen LogP contribution in [0.2, 0.25) is 0 Å². The SMILES string of the molecule is CC(C)CNc1ccc2c(n1)C(=O)N([C@H](C)C(=O)NCCN(C)C)C2. The van der Waals surface area contributed by atoms with Crippen LogP contribution in [-0.2, 0) is 11.3 Å². The molecule has 0 radical (unpaired) electrons. The van der Waals surface area contributed by atoms with Gasteiger partial charge in [-0.05, 0) is 33.0 Å². The maximum absolute atomic E-state index is 12.7. The van der Waals surface area contributed by atoms with Gasteiger partial charge in [-0.25, -0.2) is 4.98 Å². The van der Waals surface area contributed by atoms with Crippen LogP contribution in [0.3, 0.4) is 0 Å². The van der Waals surface area contributed by atoms with E-state index in [0.29, 0.717) is 30.5 Å². The average Bonchev–Trinajstić information content (AvgIpc) is 2.88. The highest BCUT2D eigenvalue weighted by Gasteiger charge is 2.35. The van der Waals surface area contributed by atoms with E-state index in [9.17, 15) is 9.59 Å². The van der Waals surface area contributed by atoms with E-state index < -0.39 is 6.04 Å². The van der Waals surface area contributed by atoms with Crippen molar-refractivity contribution in [2.45, 2.75) is 33.4 Å². The first kappa shape index (κ1) is 19.2. The third kappa shape index (κ3) is 4.92. The fraction of sp³-hybridized carbons (Fsp3) is 0.611. The number of nitrogens with zero attached hydrogens (tertiary/aromatic N) is 3. The molecule has 2 amide bonds. The zero-order valence-corrected chi connectivity index (χ0v) is 15.8. The molecule has 1 atom stereocenters. The van der Waals surface area contributed by atoms with Crippen molar-refractivity contribution >= 4 is 17.6 Å². The van der Waals surface area contributed by atoms with E-state index >= 15 is 0 Å². The second kappa shape index (κ2) is 8.29. The quantitative estimate of drug-likeness (QED) is 0.738. The lowest BCUT2D eigenvalue weighted by atomic mass is 10.2. The minimum Gasteiger partial charge on any atom is -0.370 e. The summed E-state index contributed by atoms with van der Waals surface area (Å²) >= 11 is 0. The van der Waals surface area contributed by atoms with Crippen molar-refractivity contribution in [2.24, 2.45) is 5.92 Å². The van der Waals surface area contributed by atoms with Crippen molar-refractivity contribution in [3.05, 3.63) is 23.4 Å². The molecule has 0 bridgehead atoms. The molecular weight excluding hydrogens is 318 g/mol. The number of aromatic nitrogens is 1. The molecule has 138 valence electrons. The molecule has 0 spiro atoms. The predicted molar refractivity (Wildman–Crippen MR) is 98.5 cm³/mol. The van der Waals surface area contributed by atoms with Gasteiger partial charge in [0.05, 0.1) is 0 Å². The highest BCUT2D eigenvalue weighted by atomic mass is 16.2. The zero-order valence-electron chi connectivity index (χ0n) is 15.8. The van der Waals surface area contributed by atoms with Gasteiger partial charge in [-0.15, -0.1) is 0 Å². The van der Waals surface area contributed by atoms with E-state index in [1.54, 1.807) is 11.8 Å². The van der Waals surface area contributed by atoms with Gasteiger partial charge in [0.25, 0.3) is 5.91 Å². The topological polar surface area (TPSA) is 77.6 Å². The first-order valence-electron chi connectivity index (χ1n) is 8.76. The van der Waals surface area contributed by atoms with E-state index in [-0.39, 0.29) is 11.8 Å². The molecule has 25 heavy (non-hydrogen) atoms. The van der Waals surface area contributed by atoms with Crippen LogP contribution in [0.4, 0.5) is 5.82 Å². The Morgan fingerprint density at radius 1 is 1.32 bits per heavy atom. The average molecular weight is 347 g/mol. The maximum atomic E-state index is 12.7. The summed E-state index contributed by atoms with van der Waals surface area (Å²) in [4.78, 5) is 33.0. The highest BCUT2D eigenvalue weighted by molar-refractivity contribution is 5.99. The smallest absolute Gasteiger partial charge is 0.273 e. The summed E-state index contributed by atoms with van der Waals surface area (Å²) in [6.45, 7) is 8.54. The second-order valence-electron chi connectivity index (χ2n) is 7.18. The Hall–Kier alpha value is -2.15. The Morgan fingerprint density at radius 2 is 2.04 bits per heavy atom. The number of rotatable bonds is 8. The summed E-state index contributed by atoms with van der Waals surface area (Å²) in [5.74, 6) is 0.874. The summed E-state index contributed by atoms with van der Waals surface area (Å²) in [5, 5.41) is 6.11. The first-order valence-corrected chi connectivity index (χ1v) is 8.76. The standard InChI is InChI=1S/C18H29N5O2/c1-12(2)10-20-15-7-6-14-11-23(18(25)16(14)21-15)13(3)17(24)19-8-9-22(4)5/h6-7,12-13H,8-11H2,1-5H3,(H,19,24)(H,20,21)/t13-/m1/s1. The molecule has 0 saturated heterocycles. The molecule has 7 heteroatoms. The number of carbonyl (C=O) groups is 2. The Labute approximate surface area is 149 Å². The molecule has 1 aromatic heterocycles. The van der Waals surface area contributed by atoms with E-state index in [1.807, 2.05) is 31.1 Å². The van der Waals surface area contributed by atoms with Crippen LogP contribution in [0.25, 0.3) is 0 Å². The van der Waals surface area contributed by atoms with Crippen molar-refractivity contribution in [3.63, 3.8) is 0 Å². The van der Waals surface area contributed by atoms with Crippen molar-refractivity contribution in [2.75, 3.05) is 39.0 Å². The lowest BCUT2D eigenvalue weighted by Crippen LogP contribution is -2.46. The maximum Gasteiger partial charge on any atom is 0.273 e. The fourth-order valence-corrected chi connectivity index (χ4v) is 2.60. The van der Waals surface area contributed by atoms with E-state index in [4.69, 9.17) is 0 Å². The van der Waals surface area contributed by atoms with E-state index in [2.05, 4.69) is 29.5 Å². The van der Waals surface area contributed by atoms with E-state index in [1.165, 1.54) is 0 Å². The minimum atomic E-state index is -0.518. The molecule has 2 heterocycles.